The number of Topliss-reactive ketones (excluding diaryl/α,β-unsaturated/α-hetero) is 1. The zero-order valence-corrected chi connectivity index (χ0v) is 13.8. The highest BCUT2D eigenvalue weighted by Gasteiger charge is 2.16. The van der Waals surface area contributed by atoms with Crippen LogP contribution in [0, 0.1) is 11.6 Å². The lowest BCUT2D eigenvalue weighted by Crippen LogP contribution is -2.10. The average Bonchev–Trinajstić information content (AvgIpc) is 2.58. The van der Waals surface area contributed by atoms with Crippen molar-refractivity contribution in [2.75, 3.05) is 0 Å². The topological polar surface area (TPSA) is 54.4 Å². The van der Waals surface area contributed by atoms with Gasteiger partial charge in [-0.05, 0) is 61.1 Å². The molecule has 2 aromatic carbocycles. The fraction of sp³-hybridized carbons (Fsp3) is 0.300. The van der Waals surface area contributed by atoms with Crippen molar-refractivity contribution in [3.05, 3.63) is 70.8 Å². The van der Waals surface area contributed by atoms with Crippen LogP contribution in [0.3, 0.4) is 0 Å². The van der Waals surface area contributed by atoms with Crippen molar-refractivity contribution in [3.63, 3.8) is 0 Å². The average molecular weight is 346 g/mol. The Morgan fingerprint density at radius 3 is 2.36 bits per heavy atom. The molecule has 5 heteroatoms. The summed E-state index contributed by atoms with van der Waals surface area (Å²) < 4.78 is 25.2. The molecule has 25 heavy (non-hydrogen) atoms. The fourth-order valence-electron chi connectivity index (χ4n) is 2.70. The quantitative estimate of drug-likeness (QED) is 0.882. The highest BCUT2D eigenvalue weighted by Crippen LogP contribution is 2.21. The first-order valence-electron chi connectivity index (χ1n) is 8.23. The number of aryl methyl sites for hydroxylation is 2. The maximum Gasteiger partial charge on any atom is 0.303 e. The highest BCUT2D eigenvalue weighted by molar-refractivity contribution is 5.98. The van der Waals surface area contributed by atoms with Gasteiger partial charge in [0.05, 0.1) is 0 Å². The van der Waals surface area contributed by atoms with E-state index in [9.17, 15) is 18.4 Å². The SMILES string of the molecule is O=C(O)CCCc1ccc(F)cc1.O=C1CCCc2ccc(F)cc21. The van der Waals surface area contributed by atoms with Crippen LogP contribution in [-0.4, -0.2) is 16.9 Å². The third-order valence-corrected chi connectivity index (χ3v) is 3.99. The van der Waals surface area contributed by atoms with Gasteiger partial charge in [-0.1, -0.05) is 18.2 Å². The van der Waals surface area contributed by atoms with Gasteiger partial charge in [0.15, 0.2) is 5.78 Å². The number of benzene rings is 2. The Morgan fingerprint density at radius 2 is 1.68 bits per heavy atom. The molecule has 0 spiro atoms. The van der Waals surface area contributed by atoms with Crippen LogP contribution in [0.5, 0.6) is 0 Å². The summed E-state index contributed by atoms with van der Waals surface area (Å²) in [7, 11) is 0. The Kier molecular flexibility index (Phi) is 6.81. The fourth-order valence-corrected chi connectivity index (χ4v) is 2.70. The van der Waals surface area contributed by atoms with Crippen LogP contribution in [0.25, 0.3) is 0 Å². The van der Waals surface area contributed by atoms with Crippen LogP contribution in [0.15, 0.2) is 42.5 Å². The molecule has 1 N–H and O–H groups in total. The lowest BCUT2D eigenvalue weighted by atomic mass is 9.91. The Labute approximate surface area is 145 Å². The summed E-state index contributed by atoms with van der Waals surface area (Å²) >= 11 is 0. The molecule has 2 aromatic rings. The zero-order valence-electron chi connectivity index (χ0n) is 13.8. The van der Waals surface area contributed by atoms with E-state index in [-0.39, 0.29) is 23.8 Å². The van der Waals surface area contributed by atoms with Gasteiger partial charge in [-0.3, -0.25) is 9.59 Å². The minimum atomic E-state index is -0.790. The van der Waals surface area contributed by atoms with Crippen LogP contribution < -0.4 is 0 Å². The largest absolute Gasteiger partial charge is 0.481 e. The second-order valence-electron chi connectivity index (χ2n) is 5.95. The molecule has 1 aliphatic carbocycles. The van der Waals surface area contributed by atoms with E-state index >= 15 is 0 Å². The Morgan fingerprint density at radius 1 is 1.00 bits per heavy atom. The summed E-state index contributed by atoms with van der Waals surface area (Å²) in [6.45, 7) is 0. The molecular weight excluding hydrogens is 326 g/mol. The number of halogens is 2. The molecule has 0 bridgehead atoms. The lowest BCUT2D eigenvalue weighted by Gasteiger charge is -2.13. The number of carbonyl (C=O) groups is 2. The molecule has 0 aromatic heterocycles. The van der Waals surface area contributed by atoms with Gasteiger partial charge < -0.3 is 5.11 Å². The molecule has 132 valence electrons. The number of rotatable bonds is 4. The molecule has 0 saturated carbocycles. The number of carboxylic acids is 1. The van der Waals surface area contributed by atoms with Crippen molar-refractivity contribution in [2.24, 2.45) is 0 Å². The lowest BCUT2D eigenvalue weighted by molar-refractivity contribution is -0.137. The minimum Gasteiger partial charge on any atom is -0.481 e. The third kappa shape index (κ3) is 6.10. The molecule has 3 rings (SSSR count). The first-order chi connectivity index (χ1) is 12.0. The summed E-state index contributed by atoms with van der Waals surface area (Å²) in [5, 5.41) is 8.38. The minimum absolute atomic E-state index is 0.0794. The monoisotopic (exact) mass is 346 g/mol. The van der Waals surface area contributed by atoms with Crippen molar-refractivity contribution in [1.82, 2.24) is 0 Å². The van der Waals surface area contributed by atoms with Gasteiger partial charge in [0, 0.05) is 18.4 Å². The first kappa shape index (κ1) is 18.8. The van der Waals surface area contributed by atoms with Gasteiger partial charge in [-0.25, -0.2) is 8.78 Å². The maximum absolute atomic E-state index is 12.7. The summed E-state index contributed by atoms with van der Waals surface area (Å²) in [4.78, 5) is 21.5. The van der Waals surface area contributed by atoms with E-state index in [1.165, 1.54) is 24.3 Å². The number of aliphatic carboxylic acids is 1. The van der Waals surface area contributed by atoms with E-state index < -0.39 is 5.97 Å². The van der Waals surface area contributed by atoms with Crippen molar-refractivity contribution in [1.29, 1.82) is 0 Å². The second-order valence-corrected chi connectivity index (χ2v) is 5.95. The van der Waals surface area contributed by atoms with E-state index in [1.54, 1.807) is 18.2 Å². The van der Waals surface area contributed by atoms with Gasteiger partial charge in [0.25, 0.3) is 0 Å². The second kappa shape index (κ2) is 9.06. The van der Waals surface area contributed by atoms with E-state index in [2.05, 4.69) is 0 Å². The van der Waals surface area contributed by atoms with Crippen LogP contribution in [0.4, 0.5) is 8.78 Å². The molecule has 3 nitrogen and oxygen atoms in total. The van der Waals surface area contributed by atoms with Gasteiger partial charge >= 0.3 is 5.97 Å². The Bertz CT molecular complexity index is 739. The van der Waals surface area contributed by atoms with E-state index in [4.69, 9.17) is 5.11 Å². The predicted molar refractivity (Wildman–Crippen MR) is 90.6 cm³/mol. The van der Waals surface area contributed by atoms with Crippen LogP contribution in [-0.2, 0) is 17.6 Å². The van der Waals surface area contributed by atoms with E-state index in [1.807, 2.05) is 0 Å². The van der Waals surface area contributed by atoms with Crippen molar-refractivity contribution >= 4 is 11.8 Å². The van der Waals surface area contributed by atoms with Crippen molar-refractivity contribution in [2.45, 2.75) is 38.5 Å². The predicted octanol–water partition coefficient (Wildman–Crippen LogP) is 4.58. The van der Waals surface area contributed by atoms with Crippen molar-refractivity contribution in [3.8, 4) is 0 Å². The van der Waals surface area contributed by atoms with Gasteiger partial charge in [0.2, 0.25) is 0 Å². The summed E-state index contributed by atoms with van der Waals surface area (Å²) in [6.07, 6.45) is 3.82. The number of carboxylic acid groups (broad SMARTS) is 1. The molecule has 0 radical (unpaired) electrons. The molecular formula is C20H20F2O3. The first-order valence-corrected chi connectivity index (χ1v) is 8.23. The number of ketones is 1. The summed E-state index contributed by atoms with van der Waals surface area (Å²) in [5.41, 5.74) is 2.55. The zero-order chi connectivity index (χ0) is 18.2. The van der Waals surface area contributed by atoms with Crippen molar-refractivity contribution < 1.29 is 23.5 Å². The van der Waals surface area contributed by atoms with Gasteiger partial charge in [-0.15, -0.1) is 0 Å². The molecule has 0 heterocycles. The number of fused-ring (bicyclic) bond motifs is 1. The molecule has 0 fully saturated rings. The van der Waals surface area contributed by atoms with Crippen LogP contribution in [0.1, 0.15) is 47.2 Å². The Balaban J connectivity index is 0.000000181. The molecule has 0 unspecified atom stereocenters. The van der Waals surface area contributed by atoms with Gasteiger partial charge in [0.1, 0.15) is 11.6 Å². The number of hydrogen-bond donors (Lipinski definition) is 1. The normalized spacial score (nSPS) is 12.8. The molecule has 0 atom stereocenters. The van der Waals surface area contributed by atoms with Gasteiger partial charge in [-0.2, -0.15) is 0 Å². The molecule has 0 amide bonds. The maximum atomic E-state index is 12.7. The third-order valence-electron chi connectivity index (χ3n) is 3.99. The van der Waals surface area contributed by atoms with Crippen LogP contribution in [0.2, 0.25) is 0 Å². The summed E-state index contributed by atoms with van der Waals surface area (Å²) in [6, 6.07) is 10.6. The highest BCUT2D eigenvalue weighted by atomic mass is 19.1. The Hall–Kier alpha value is -2.56. The van der Waals surface area contributed by atoms with E-state index in [0.717, 1.165) is 24.0 Å². The van der Waals surface area contributed by atoms with Crippen LogP contribution >= 0.6 is 0 Å². The molecule has 1 aliphatic rings. The number of carbonyl (C=O) groups excluding carboxylic acids is 1. The summed E-state index contributed by atoms with van der Waals surface area (Å²) in [5.74, 6) is -1.29. The number of hydrogen-bond acceptors (Lipinski definition) is 2. The van der Waals surface area contributed by atoms with E-state index in [0.29, 0.717) is 24.8 Å². The smallest absolute Gasteiger partial charge is 0.303 e. The molecule has 0 saturated heterocycles. The standard InChI is InChI=1S/C10H11FO2.C10H9FO/c11-9-6-4-8(5-7-9)2-1-3-10(12)13;11-8-5-4-7-2-1-3-10(12)9(7)6-8/h4-7H,1-3H2,(H,12,13);4-6H,1-3H2. The molecule has 0 aliphatic heterocycles.